The van der Waals surface area contributed by atoms with Crippen molar-refractivity contribution in [3.05, 3.63) is 64.7 Å². The van der Waals surface area contributed by atoms with Crippen molar-refractivity contribution in [2.75, 3.05) is 21.3 Å². The number of benzene rings is 2. The van der Waals surface area contributed by atoms with Crippen LogP contribution in [0.2, 0.25) is 18.1 Å². The Morgan fingerprint density at radius 2 is 1.67 bits per heavy atom. The SMILES string of the molecule is COC(=O)[C@@]1(c2ccc(OC)c(OC)c2)C=C(Br)[C@@H](O[Si](C)(C)C(C)(C)C)C[C@@H]1Sc1ccccc1. The molecule has 0 N–H and O–H groups in total. The molecule has 3 atom stereocenters. The van der Waals surface area contributed by atoms with Gasteiger partial charge < -0.3 is 18.6 Å². The summed E-state index contributed by atoms with van der Waals surface area (Å²) in [5.74, 6) is 0.836. The van der Waals surface area contributed by atoms with Gasteiger partial charge in [-0.05, 0) is 60.5 Å². The molecule has 0 aromatic heterocycles. The number of carbonyl (C=O) groups excluding carboxylic acids is 1. The van der Waals surface area contributed by atoms with Crippen LogP contribution >= 0.6 is 27.7 Å². The maximum atomic E-state index is 13.7. The van der Waals surface area contributed by atoms with Gasteiger partial charge in [0, 0.05) is 14.6 Å². The highest BCUT2D eigenvalue weighted by Crippen LogP contribution is 2.51. The molecule has 2 aromatic carbocycles. The summed E-state index contributed by atoms with van der Waals surface area (Å²) >= 11 is 5.48. The lowest BCUT2D eigenvalue weighted by molar-refractivity contribution is -0.146. The van der Waals surface area contributed by atoms with E-state index in [9.17, 15) is 4.79 Å². The summed E-state index contributed by atoms with van der Waals surface area (Å²) in [6, 6.07) is 15.8. The van der Waals surface area contributed by atoms with Crippen molar-refractivity contribution in [2.45, 2.75) is 67.0 Å². The Morgan fingerprint density at radius 1 is 1.03 bits per heavy atom. The molecule has 196 valence electrons. The summed E-state index contributed by atoms with van der Waals surface area (Å²) in [5, 5.41) is -0.135. The second kappa shape index (κ2) is 11.3. The van der Waals surface area contributed by atoms with Crippen LogP contribution in [0.5, 0.6) is 11.5 Å². The molecule has 36 heavy (non-hydrogen) atoms. The van der Waals surface area contributed by atoms with Crippen molar-refractivity contribution in [2.24, 2.45) is 0 Å². The standard InChI is InChI=1S/C28H37BrO5SSi/c1-27(2,3)36(7,8)34-23-17-25(35-20-12-10-9-11-13-20)28(18-21(23)29,26(30)33-6)19-14-15-22(31-4)24(16-19)32-5/h9-16,18,23,25H,17H2,1-8H3/t23-,25-,28+/m0/s1. The lowest BCUT2D eigenvalue weighted by Gasteiger charge is -2.45. The summed E-state index contributed by atoms with van der Waals surface area (Å²) < 4.78 is 24.2. The number of esters is 1. The Bertz CT molecular complexity index is 1100. The number of hydrogen-bond acceptors (Lipinski definition) is 6. The highest BCUT2D eigenvalue weighted by atomic mass is 79.9. The van der Waals surface area contributed by atoms with E-state index in [1.807, 2.05) is 42.5 Å². The first-order chi connectivity index (χ1) is 16.9. The van der Waals surface area contributed by atoms with E-state index in [-0.39, 0.29) is 22.4 Å². The maximum Gasteiger partial charge on any atom is 0.321 e. The molecule has 1 aliphatic carbocycles. The number of ether oxygens (including phenoxy) is 3. The fourth-order valence-electron chi connectivity index (χ4n) is 4.18. The third kappa shape index (κ3) is 5.72. The summed E-state index contributed by atoms with van der Waals surface area (Å²) in [6.45, 7) is 11.2. The second-order valence-corrected chi connectivity index (χ2v) is 17.4. The number of halogens is 1. The van der Waals surface area contributed by atoms with E-state index < -0.39 is 13.7 Å². The molecule has 0 saturated carbocycles. The van der Waals surface area contributed by atoms with Gasteiger partial charge in [-0.15, -0.1) is 11.8 Å². The minimum absolute atomic E-state index is 0.0581. The molecule has 0 amide bonds. The largest absolute Gasteiger partial charge is 0.493 e. The van der Waals surface area contributed by atoms with E-state index in [4.69, 9.17) is 18.6 Å². The highest BCUT2D eigenvalue weighted by molar-refractivity contribution is 9.11. The number of methoxy groups -OCH3 is 3. The van der Waals surface area contributed by atoms with E-state index in [0.29, 0.717) is 17.9 Å². The molecular formula is C28H37BrO5SSi. The average Bonchev–Trinajstić information content (AvgIpc) is 2.84. The molecule has 2 aromatic rings. The Kier molecular flexibility index (Phi) is 9.07. The quantitative estimate of drug-likeness (QED) is 0.236. The number of thioether (sulfide) groups is 1. The monoisotopic (exact) mass is 592 g/mol. The van der Waals surface area contributed by atoms with Crippen molar-refractivity contribution in [3.8, 4) is 11.5 Å². The zero-order valence-electron chi connectivity index (χ0n) is 22.4. The van der Waals surface area contributed by atoms with Gasteiger partial charge in [0.1, 0.15) is 5.41 Å². The van der Waals surface area contributed by atoms with Crippen molar-refractivity contribution in [1.29, 1.82) is 0 Å². The molecule has 3 rings (SSSR count). The third-order valence-corrected chi connectivity index (χ3v) is 13.9. The molecule has 0 heterocycles. The minimum Gasteiger partial charge on any atom is -0.493 e. The first-order valence-corrected chi connectivity index (χ1v) is 16.6. The fraction of sp³-hybridized carbons (Fsp3) is 0.464. The Balaban J connectivity index is 2.20. The van der Waals surface area contributed by atoms with E-state index in [1.165, 1.54) is 7.11 Å². The minimum atomic E-state index is -2.08. The smallest absolute Gasteiger partial charge is 0.321 e. The first kappa shape index (κ1) is 28.8. The topological polar surface area (TPSA) is 54.0 Å². The lowest BCUT2D eigenvalue weighted by atomic mass is 9.72. The van der Waals surface area contributed by atoms with Crippen LogP contribution in [0, 0.1) is 0 Å². The number of hydrogen-bond donors (Lipinski definition) is 0. The molecule has 0 fully saturated rings. The van der Waals surface area contributed by atoms with Gasteiger partial charge in [-0.25, -0.2) is 0 Å². The van der Waals surface area contributed by atoms with Gasteiger partial charge in [0.25, 0.3) is 0 Å². The van der Waals surface area contributed by atoms with E-state index in [2.05, 4.69) is 61.9 Å². The summed E-state index contributed by atoms with van der Waals surface area (Å²) in [4.78, 5) is 14.8. The van der Waals surface area contributed by atoms with Crippen molar-refractivity contribution in [1.82, 2.24) is 0 Å². The average molecular weight is 594 g/mol. The van der Waals surface area contributed by atoms with Gasteiger partial charge in [-0.3, -0.25) is 4.79 Å². The molecule has 0 aliphatic heterocycles. The van der Waals surface area contributed by atoms with Gasteiger partial charge in [0.05, 0.1) is 27.4 Å². The summed E-state index contributed by atoms with van der Waals surface area (Å²) in [7, 11) is 2.56. The normalized spacial score (nSPS) is 22.5. The van der Waals surface area contributed by atoms with Crippen LogP contribution in [0.3, 0.4) is 0 Å². The predicted octanol–water partition coefficient (Wildman–Crippen LogP) is 7.35. The molecule has 1 aliphatic rings. The Labute approximate surface area is 229 Å². The third-order valence-electron chi connectivity index (χ3n) is 7.26. The van der Waals surface area contributed by atoms with Gasteiger partial charge in [0.15, 0.2) is 19.8 Å². The first-order valence-electron chi connectivity index (χ1n) is 12.0. The van der Waals surface area contributed by atoms with Gasteiger partial charge in [0.2, 0.25) is 0 Å². The molecule has 0 radical (unpaired) electrons. The Hall–Kier alpha value is -1.74. The van der Waals surface area contributed by atoms with Crippen LogP contribution in [-0.4, -0.2) is 47.0 Å². The number of carbonyl (C=O) groups is 1. The molecule has 0 spiro atoms. The highest BCUT2D eigenvalue weighted by Gasteiger charge is 2.53. The van der Waals surface area contributed by atoms with Crippen LogP contribution < -0.4 is 9.47 Å². The van der Waals surface area contributed by atoms with Crippen LogP contribution in [0.1, 0.15) is 32.8 Å². The summed E-state index contributed by atoms with van der Waals surface area (Å²) in [5.41, 5.74) is -0.288. The zero-order chi connectivity index (χ0) is 26.7. The van der Waals surface area contributed by atoms with Gasteiger partial charge in [-0.2, -0.15) is 0 Å². The van der Waals surface area contributed by atoms with Crippen LogP contribution in [-0.2, 0) is 19.4 Å². The fourth-order valence-corrected chi connectivity index (χ4v) is 7.68. The van der Waals surface area contributed by atoms with Crippen molar-refractivity contribution < 1.29 is 23.4 Å². The van der Waals surface area contributed by atoms with Crippen LogP contribution in [0.4, 0.5) is 0 Å². The Morgan fingerprint density at radius 3 is 2.22 bits per heavy atom. The molecule has 8 heteroatoms. The van der Waals surface area contributed by atoms with Crippen molar-refractivity contribution in [3.63, 3.8) is 0 Å². The van der Waals surface area contributed by atoms with Crippen LogP contribution in [0.25, 0.3) is 0 Å². The van der Waals surface area contributed by atoms with Crippen LogP contribution in [0.15, 0.2) is 64.0 Å². The van der Waals surface area contributed by atoms with E-state index >= 15 is 0 Å². The summed E-state index contributed by atoms with van der Waals surface area (Å²) in [6.07, 6.45) is 2.46. The molecule has 0 unspecified atom stereocenters. The maximum absolute atomic E-state index is 13.7. The molecular weight excluding hydrogens is 556 g/mol. The zero-order valence-corrected chi connectivity index (χ0v) is 25.8. The molecule has 0 saturated heterocycles. The van der Waals surface area contributed by atoms with Crippen molar-refractivity contribution >= 4 is 42.0 Å². The molecule has 5 nitrogen and oxygen atoms in total. The van der Waals surface area contributed by atoms with E-state index in [1.54, 1.807) is 26.0 Å². The lowest BCUT2D eigenvalue weighted by Crippen LogP contribution is -2.52. The molecule has 0 bridgehead atoms. The van der Waals surface area contributed by atoms with Gasteiger partial charge in [-0.1, -0.05) is 61.0 Å². The second-order valence-electron chi connectivity index (χ2n) is 10.5. The predicted molar refractivity (Wildman–Crippen MR) is 153 cm³/mol. The van der Waals surface area contributed by atoms with E-state index in [0.717, 1.165) is 14.9 Å². The number of rotatable bonds is 8. The van der Waals surface area contributed by atoms with Gasteiger partial charge >= 0.3 is 5.97 Å².